The van der Waals surface area contributed by atoms with E-state index in [4.69, 9.17) is 9.47 Å². The van der Waals surface area contributed by atoms with Gasteiger partial charge in [-0.2, -0.15) is 0 Å². The van der Waals surface area contributed by atoms with Gasteiger partial charge in [-0.3, -0.25) is 19.7 Å². The van der Waals surface area contributed by atoms with Gasteiger partial charge in [-0.05, 0) is 56.9 Å². The first kappa shape index (κ1) is 25.2. The molecule has 0 spiro atoms. The fourth-order valence-corrected chi connectivity index (χ4v) is 4.28. The van der Waals surface area contributed by atoms with Crippen molar-refractivity contribution in [2.75, 3.05) is 0 Å². The summed E-state index contributed by atoms with van der Waals surface area (Å²) in [4.78, 5) is 50.6. The molecule has 2 aromatic rings. The first-order valence-electron chi connectivity index (χ1n) is 12.0. The Morgan fingerprint density at radius 3 is 2.53 bits per heavy atom. The molecule has 0 bridgehead atoms. The van der Waals surface area contributed by atoms with Gasteiger partial charge in [-0.15, -0.1) is 0 Å². The maximum Gasteiger partial charge on any atom is 0.407 e. The Hall–Kier alpha value is -3.88. The first-order chi connectivity index (χ1) is 17.1. The largest absolute Gasteiger partial charge is 0.489 e. The zero-order chi connectivity index (χ0) is 25.9. The number of hydrogen-bond acceptors (Lipinski definition) is 6. The zero-order valence-electron chi connectivity index (χ0n) is 20.8. The van der Waals surface area contributed by atoms with Crippen molar-refractivity contribution in [3.8, 4) is 5.75 Å². The summed E-state index contributed by atoms with van der Waals surface area (Å²) in [6.07, 6.45) is 0.809. The summed E-state index contributed by atoms with van der Waals surface area (Å²) in [7, 11) is 0. The number of imide groups is 1. The zero-order valence-corrected chi connectivity index (χ0v) is 20.8. The van der Waals surface area contributed by atoms with Gasteiger partial charge in [0.15, 0.2) is 0 Å². The molecule has 0 aromatic heterocycles. The molecular weight excluding hydrogens is 462 g/mol. The molecular formula is C27H31N3O6. The highest BCUT2D eigenvalue weighted by atomic mass is 16.6. The molecule has 0 radical (unpaired) electrons. The number of carbonyl (C=O) groups is 4. The van der Waals surface area contributed by atoms with Gasteiger partial charge in [-0.1, -0.05) is 30.3 Å². The average Bonchev–Trinajstić information content (AvgIpc) is 3.05. The molecule has 4 rings (SSSR count). The number of alkyl carbamates (subject to hydrolysis) is 1. The van der Waals surface area contributed by atoms with Gasteiger partial charge in [0.25, 0.3) is 5.91 Å². The summed E-state index contributed by atoms with van der Waals surface area (Å²) >= 11 is 0. The van der Waals surface area contributed by atoms with Crippen molar-refractivity contribution in [3.05, 3.63) is 64.7 Å². The summed E-state index contributed by atoms with van der Waals surface area (Å²) in [5, 5.41) is 5.10. The third-order valence-corrected chi connectivity index (χ3v) is 6.03. The second-order valence-electron chi connectivity index (χ2n) is 10.00. The summed E-state index contributed by atoms with van der Waals surface area (Å²) in [5.41, 5.74) is 2.55. The number of ether oxygens (including phenoxy) is 2. The van der Waals surface area contributed by atoms with Crippen molar-refractivity contribution >= 4 is 23.8 Å². The molecule has 2 heterocycles. The molecule has 2 aromatic carbocycles. The predicted molar refractivity (Wildman–Crippen MR) is 131 cm³/mol. The number of nitrogens with zero attached hydrogens (tertiary/aromatic N) is 1. The van der Waals surface area contributed by atoms with Crippen molar-refractivity contribution in [2.45, 2.75) is 71.4 Å². The topological polar surface area (TPSA) is 114 Å². The molecule has 1 atom stereocenters. The molecule has 0 saturated carbocycles. The minimum Gasteiger partial charge on any atom is -0.489 e. The smallest absolute Gasteiger partial charge is 0.407 e. The van der Waals surface area contributed by atoms with Crippen LogP contribution < -0.4 is 15.4 Å². The van der Waals surface area contributed by atoms with Gasteiger partial charge in [0.2, 0.25) is 11.8 Å². The Morgan fingerprint density at radius 2 is 1.81 bits per heavy atom. The molecule has 1 fully saturated rings. The number of rotatable bonds is 6. The van der Waals surface area contributed by atoms with Crippen LogP contribution in [0.2, 0.25) is 0 Å². The highest BCUT2D eigenvalue weighted by Gasteiger charge is 2.39. The van der Waals surface area contributed by atoms with E-state index in [0.29, 0.717) is 37.3 Å². The van der Waals surface area contributed by atoms with Crippen LogP contribution >= 0.6 is 0 Å². The Kier molecular flexibility index (Phi) is 7.28. The summed E-state index contributed by atoms with van der Waals surface area (Å²) in [6, 6.07) is 12.3. The Labute approximate surface area is 210 Å². The fourth-order valence-electron chi connectivity index (χ4n) is 4.28. The van der Waals surface area contributed by atoms with Gasteiger partial charge < -0.3 is 19.7 Å². The number of nitrogens with one attached hydrogen (secondary N) is 2. The lowest BCUT2D eigenvalue weighted by Crippen LogP contribution is -2.46. The maximum atomic E-state index is 13.1. The number of benzene rings is 2. The van der Waals surface area contributed by atoms with E-state index in [9.17, 15) is 19.2 Å². The van der Waals surface area contributed by atoms with E-state index >= 15 is 0 Å². The van der Waals surface area contributed by atoms with Gasteiger partial charge >= 0.3 is 6.09 Å². The van der Waals surface area contributed by atoms with E-state index in [-0.39, 0.29) is 24.8 Å². The average molecular weight is 494 g/mol. The number of carbonyl (C=O) groups excluding carboxylic acids is 4. The summed E-state index contributed by atoms with van der Waals surface area (Å²) in [5.74, 6) is -0.374. The first-order valence-corrected chi connectivity index (χ1v) is 12.0. The highest BCUT2D eigenvalue weighted by molar-refractivity contribution is 6.04. The Morgan fingerprint density at radius 1 is 1.08 bits per heavy atom. The standard InChI is InChI=1S/C27H31N3O6/c1-27(2,3)36-26(34)28-14-17-10-12-18(13-11-17)16-35-22-8-4-6-19-20(22)15-30(25(19)33)21-7-5-9-23(31)29-24(21)32/h4,6,8,10-13,21H,5,7,9,14-16H2,1-3H3,(H,28,34)(H,29,31,32)/t21-/m0/s1. The van der Waals surface area contributed by atoms with E-state index in [0.717, 1.165) is 16.7 Å². The minimum atomic E-state index is -0.675. The summed E-state index contributed by atoms with van der Waals surface area (Å²) in [6.45, 7) is 6.34. The monoisotopic (exact) mass is 493 g/mol. The third kappa shape index (κ3) is 6.02. The Balaban J connectivity index is 1.37. The van der Waals surface area contributed by atoms with Gasteiger partial charge in [0, 0.05) is 24.1 Å². The molecule has 36 heavy (non-hydrogen) atoms. The molecule has 9 heteroatoms. The van der Waals surface area contributed by atoms with E-state index in [1.54, 1.807) is 12.1 Å². The molecule has 0 aliphatic carbocycles. The molecule has 1 saturated heterocycles. The van der Waals surface area contributed by atoms with Crippen molar-refractivity contribution in [2.24, 2.45) is 0 Å². The van der Waals surface area contributed by atoms with Crippen LogP contribution in [0.1, 0.15) is 67.1 Å². The lowest BCUT2D eigenvalue weighted by molar-refractivity contribution is -0.132. The maximum absolute atomic E-state index is 13.1. The minimum absolute atomic E-state index is 0.230. The molecule has 9 nitrogen and oxygen atoms in total. The van der Waals surface area contributed by atoms with E-state index < -0.39 is 23.6 Å². The molecule has 0 unspecified atom stereocenters. The van der Waals surface area contributed by atoms with Crippen LogP contribution in [-0.2, 0) is 34.0 Å². The second kappa shape index (κ2) is 10.4. The van der Waals surface area contributed by atoms with Crippen LogP contribution in [0, 0.1) is 0 Å². The number of hydrogen-bond donors (Lipinski definition) is 2. The second-order valence-corrected chi connectivity index (χ2v) is 10.00. The van der Waals surface area contributed by atoms with E-state index in [1.165, 1.54) is 4.90 Å². The van der Waals surface area contributed by atoms with Crippen LogP contribution in [0.4, 0.5) is 4.79 Å². The SMILES string of the molecule is CC(C)(C)OC(=O)NCc1ccc(COc2cccc3c2CN([C@H]2CCCC(=O)NC2=O)C3=O)cc1. The van der Waals surface area contributed by atoms with Gasteiger partial charge in [-0.25, -0.2) is 4.79 Å². The molecule has 2 aliphatic heterocycles. The highest BCUT2D eigenvalue weighted by Crippen LogP contribution is 2.34. The number of amides is 4. The molecule has 2 aliphatic rings. The van der Waals surface area contributed by atoms with Crippen LogP contribution in [0.15, 0.2) is 42.5 Å². The van der Waals surface area contributed by atoms with Crippen LogP contribution in [0.5, 0.6) is 5.75 Å². The van der Waals surface area contributed by atoms with Crippen LogP contribution in [-0.4, -0.2) is 40.4 Å². The normalized spacial score (nSPS) is 17.8. The van der Waals surface area contributed by atoms with Gasteiger partial charge in [0.05, 0.1) is 6.54 Å². The van der Waals surface area contributed by atoms with Crippen LogP contribution in [0.3, 0.4) is 0 Å². The molecule has 190 valence electrons. The quantitative estimate of drug-likeness (QED) is 0.596. The van der Waals surface area contributed by atoms with Crippen molar-refractivity contribution in [1.82, 2.24) is 15.5 Å². The predicted octanol–water partition coefficient (Wildman–Crippen LogP) is 3.44. The van der Waals surface area contributed by atoms with Crippen molar-refractivity contribution in [3.63, 3.8) is 0 Å². The lowest BCUT2D eigenvalue weighted by Gasteiger charge is -2.24. The molecule has 4 amide bonds. The van der Waals surface area contributed by atoms with Crippen molar-refractivity contribution < 1.29 is 28.7 Å². The van der Waals surface area contributed by atoms with E-state index in [2.05, 4.69) is 10.6 Å². The van der Waals surface area contributed by atoms with Crippen LogP contribution in [0.25, 0.3) is 0 Å². The third-order valence-electron chi connectivity index (χ3n) is 6.03. The fraction of sp³-hybridized carbons (Fsp3) is 0.407. The van der Waals surface area contributed by atoms with Crippen molar-refractivity contribution in [1.29, 1.82) is 0 Å². The van der Waals surface area contributed by atoms with E-state index in [1.807, 2.05) is 51.1 Å². The molecule has 2 N–H and O–H groups in total. The Bertz CT molecular complexity index is 1170. The van der Waals surface area contributed by atoms with Gasteiger partial charge in [0.1, 0.15) is 24.0 Å². The number of fused-ring (bicyclic) bond motifs is 1. The summed E-state index contributed by atoms with van der Waals surface area (Å²) < 4.78 is 11.3. The lowest BCUT2D eigenvalue weighted by atomic mass is 10.1.